The highest BCUT2D eigenvalue weighted by Gasteiger charge is 2.24. The molecule has 0 radical (unpaired) electrons. The van der Waals surface area contributed by atoms with Gasteiger partial charge in [-0.25, -0.2) is 9.50 Å². The van der Waals surface area contributed by atoms with Gasteiger partial charge >= 0.3 is 0 Å². The minimum atomic E-state index is 0.315. The molecule has 0 atom stereocenters. The molecule has 31 heavy (non-hydrogen) atoms. The average molecular weight is 413 g/mol. The lowest BCUT2D eigenvalue weighted by molar-refractivity contribution is 0.391. The van der Waals surface area contributed by atoms with E-state index in [4.69, 9.17) is 16.5 Å². The van der Waals surface area contributed by atoms with Gasteiger partial charge in [0.05, 0.1) is 17.6 Å². The highest BCUT2D eigenvalue weighted by Crippen LogP contribution is 2.35. The van der Waals surface area contributed by atoms with E-state index in [9.17, 15) is 0 Å². The second-order valence-electron chi connectivity index (χ2n) is 8.44. The van der Waals surface area contributed by atoms with Gasteiger partial charge in [-0.3, -0.25) is 0 Å². The molecule has 1 fully saturated rings. The van der Waals surface area contributed by atoms with Crippen molar-refractivity contribution >= 4 is 22.8 Å². The van der Waals surface area contributed by atoms with Gasteiger partial charge < -0.3 is 16.8 Å². The molecule has 0 spiro atoms. The number of aromatic nitrogens is 3. The van der Waals surface area contributed by atoms with Crippen LogP contribution in [0.15, 0.2) is 66.9 Å². The zero-order valence-corrected chi connectivity index (χ0v) is 17.5. The van der Waals surface area contributed by atoms with Crippen LogP contribution in [0.4, 0.5) is 17.2 Å². The van der Waals surface area contributed by atoms with Crippen LogP contribution in [0.2, 0.25) is 0 Å². The minimum absolute atomic E-state index is 0.315. The largest absolute Gasteiger partial charge is 0.382 e. The van der Waals surface area contributed by atoms with Crippen molar-refractivity contribution in [3.8, 4) is 0 Å². The highest BCUT2D eigenvalue weighted by molar-refractivity contribution is 5.80. The van der Waals surface area contributed by atoms with E-state index in [0.29, 0.717) is 24.2 Å². The molecule has 2 heterocycles. The van der Waals surface area contributed by atoms with Crippen LogP contribution in [0.25, 0.3) is 5.65 Å². The topological polar surface area (TPSA) is 94.3 Å². The Morgan fingerprint density at radius 2 is 1.61 bits per heavy atom. The first-order valence-electron chi connectivity index (χ1n) is 11.0. The van der Waals surface area contributed by atoms with Crippen molar-refractivity contribution in [1.82, 2.24) is 14.6 Å². The lowest BCUT2D eigenvalue weighted by Gasteiger charge is -2.24. The number of para-hydroxylation sites is 1. The van der Waals surface area contributed by atoms with Crippen LogP contribution >= 0.6 is 0 Å². The van der Waals surface area contributed by atoms with Gasteiger partial charge in [-0.1, -0.05) is 48.5 Å². The van der Waals surface area contributed by atoms with Crippen molar-refractivity contribution in [2.75, 3.05) is 11.1 Å². The summed E-state index contributed by atoms with van der Waals surface area (Å²) in [5, 5.41) is 8.25. The standard InChI is InChI=1S/C25H28N6/c26-19-13-11-18(12-14-19)22-16-31-25(29-22)23(28-20-9-5-2-6-10-20)21(24(27)30-31)15-17-7-3-1-4-8-17/h1-10,16,18-19,28H,11-15,26H2,(H2,27,30). The zero-order chi connectivity index (χ0) is 21.2. The minimum Gasteiger partial charge on any atom is -0.382 e. The van der Waals surface area contributed by atoms with Gasteiger partial charge in [-0.05, 0) is 43.4 Å². The van der Waals surface area contributed by atoms with Gasteiger partial charge in [0, 0.05) is 29.6 Å². The first kappa shape index (κ1) is 19.6. The number of fused-ring (bicyclic) bond motifs is 1. The van der Waals surface area contributed by atoms with Crippen molar-refractivity contribution in [2.45, 2.75) is 44.1 Å². The van der Waals surface area contributed by atoms with Crippen molar-refractivity contribution in [1.29, 1.82) is 0 Å². The fourth-order valence-electron chi connectivity index (χ4n) is 4.46. The number of nitrogens with one attached hydrogen (secondary N) is 1. The molecule has 2 aromatic carbocycles. The highest BCUT2D eigenvalue weighted by atomic mass is 15.3. The van der Waals surface area contributed by atoms with Crippen molar-refractivity contribution in [2.24, 2.45) is 5.73 Å². The summed E-state index contributed by atoms with van der Waals surface area (Å²) in [4.78, 5) is 5.04. The third-order valence-electron chi connectivity index (χ3n) is 6.21. The summed E-state index contributed by atoms with van der Waals surface area (Å²) in [7, 11) is 0. The maximum absolute atomic E-state index is 6.48. The molecule has 0 saturated heterocycles. The summed E-state index contributed by atoms with van der Waals surface area (Å²) in [6, 6.07) is 20.8. The second kappa shape index (κ2) is 8.40. The van der Waals surface area contributed by atoms with E-state index in [1.54, 1.807) is 0 Å². The van der Waals surface area contributed by atoms with Crippen LogP contribution < -0.4 is 16.8 Å². The Kier molecular flexibility index (Phi) is 5.30. The molecule has 2 aromatic heterocycles. The maximum Gasteiger partial charge on any atom is 0.178 e. The summed E-state index contributed by atoms with van der Waals surface area (Å²) < 4.78 is 1.83. The third-order valence-corrected chi connectivity index (χ3v) is 6.21. The number of nitrogens with zero attached hydrogens (tertiary/aromatic N) is 3. The van der Waals surface area contributed by atoms with Gasteiger partial charge in [-0.15, -0.1) is 5.10 Å². The van der Waals surface area contributed by atoms with Gasteiger partial charge in [0.1, 0.15) is 5.82 Å². The fraction of sp³-hybridized carbons (Fsp3) is 0.280. The Morgan fingerprint density at radius 1 is 0.935 bits per heavy atom. The summed E-state index contributed by atoms with van der Waals surface area (Å²) in [6.45, 7) is 0. The third kappa shape index (κ3) is 4.11. The molecule has 4 aromatic rings. The molecule has 1 aliphatic rings. The van der Waals surface area contributed by atoms with Crippen LogP contribution in [-0.2, 0) is 6.42 Å². The van der Waals surface area contributed by atoms with Gasteiger partial charge in [0.2, 0.25) is 0 Å². The quantitative estimate of drug-likeness (QED) is 0.444. The second-order valence-corrected chi connectivity index (χ2v) is 8.44. The van der Waals surface area contributed by atoms with Crippen LogP contribution in [-0.4, -0.2) is 20.6 Å². The summed E-state index contributed by atoms with van der Waals surface area (Å²) in [5.41, 5.74) is 18.5. The van der Waals surface area contributed by atoms with E-state index < -0.39 is 0 Å². The Labute approximate surface area is 182 Å². The number of imidazole rings is 1. The van der Waals surface area contributed by atoms with Gasteiger partial charge in [0.25, 0.3) is 0 Å². The smallest absolute Gasteiger partial charge is 0.178 e. The predicted molar refractivity (Wildman–Crippen MR) is 126 cm³/mol. The van der Waals surface area contributed by atoms with E-state index in [2.05, 4.69) is 22.5 Å². The Balaban J connectivity index is 1.60. The number of rotatable bonds is 5. The Hall–Kier alpha value is -3.38. The predicted octanol–water partition coefficient (Wildman–Crippen LogP) is 4.63. The van der Waals surface area contributed by atoms with E-state index >= 15 is 0 Å². The molecule has 158 valence electrons. The molecule has 6 heteroatoms. The Morgan fingerprint density at radius 3 is 2.32 bits per heavy atom. The van der Waals surface area contributed by atoms with E-state index in [1.807, 2.05) is 59.2 Å². The molecular formula is C25H28N6. The molecule has 1 aliphatic carbocycles. The lowest BCUT2D eigenvalue weighted by Crippen LogP contribution is -2.25. The van der Waals surface area contributed by atoms with E-state index in [1.165, 1.54) is 5.56 Å². The van der Waals surface area contributed by atoms with Crippen molar-refractivity contribution in [3.05, 3.63) is 83.7 Å². The molecule has 0 bridgehead atoms. The Bertz CT molecular complexity index is 1160. The first-order valence-corrected chi connectivity index (χ1v) is 11.0. The average Bonchev–Trinajstić information content (AvgIpc) is 3.22. The van der Waals surface area contributed by atoms with Crippen LogP contribution in [0.1, 0.15) is 48.4 Å². The zero-order valence-electron chi connectivity index (χ0n) is 17.5. The first-order chi connectivity index (χ1) is 15.2. The van der Waals surface area contributed by atoms with Gasteiger partial charge in [0.15, 0.2) is 5.65 Å². The molecular weight excluding hydrogens is 384 g/mol. The van der Waals surface area contributed by atoms with E-state index in [0.717, 1.165) is 54.0 Å². The normalized spacial score (nSPS) is 18.9. The van der Waals surface area contributed by atoms with Crippen LogP contribution in [0.3, 0.4) is 0 Å². The number of hydrogen-bond acceptors (Lipinski definition) is 5. The maximum atomic E-state index is 6.48. The van der Waals surface area contributed by atoms with Crippen molar-refractivity contribution in [3.63, 3.8) is 0 Å². The molecule has 5 rings (SSSR count). The number of nitrogens with two attached hydrogens (primary N) is 2. The summed E-state index contributed by atoms with van der Waals surface area (Å²) in [6.07, 6.45) is 6.95. The molecule has 0 aliphatic heterocycles. The molecule has 0 unspecified atom stereocenters. The summed E-state index contributed by atoms with van der Waals surface area (Å²) >= 11 is 0. The van der Waals surface area contributed by atoms with E-state index in [-0.39, 0.29) is 0 Å². The van der Waals surface area contributed by atoms with Crippen LogP contribution in [0.5, 0.6) is 0 Å². The monoisotopic (exact) mass is 412 g/mol. The molecule has 1 saturated carbocycles. The van der Waals surface area contributed by atoms with Gasteiger partial charge in [-0.2, -0.15) is 0 Å². The molecule has 5 N–H and O–H groups in total. The number of anilines is 3. The van der Waals surface area contributed by atoms with Crippen molar-refractivity contribution < 1.29 is 0 Å². The van der Waals surface area contributed by atoms with Crippen LogP contribution in [0, 0.1) is 0 Å². The lowest BCUT2D eigenvalue weighted by atomic mass is 9.85. The number of benzene rings is 2. The number of hydrogen-bond donors (Lipinski definition) is 3. The summed E-state index contributed by atoms with van der Waals surface area (Å²) in [5.74, 6) is 0.939. The SMILES string of the molecule is Nc1nn2cc(C3CCC(N)CC3)nc2c(Nc2ccccc2)c1Cc1ccccc1. The molecule has 6 nitrogen and oxygen atoms in total. The fourth-order valence-corrected chi connectivity index (χ4v) is 4.46. The number of nitrogen functional groups attached to an aromatic ring is 1. The molecule has 0 amide bonds.